The second-order valence-corrected chi connectivity index (χ2v) is 6.89. The smallest absolute Gasteiger partial charge is 0.257 e. The molecule has 1 aliphatic heterocycles. The summed E-state index contributed by atoms with van der Waals surface area (Å²) in [7, 11) is 0. The monoisotopic (exact) mass is 372 g/mol. The summed E-state index contributed by atoms with van der Waals surface area (Å²) in [6.07, 6.45) is 3.82. The summed E-state index contributed by atoms with van der Waals surface area (Å²) in [6, 6.07) is 5.99. The highest BCUT2D eigenvalue weighted by Gasteiger charge is 2.29. The highest BCUT2D eigenvalue weighted by Crippen LogP contribution is 2.21. The van der Waals surface area contributed by atoms with Crippen LogP contribution in [0.5, 0.6) is 0 Å². The molecule has 6 nitrogen and oxygen atoms in total. The summed E-state index contributed by atoms with van der Waals surface area (Å²) in [4.78, 5) is 26.7. The van der Waals surface area contributed by atoms with E-state index in [-0.39, 0.29) is 23.5 Å². The molecule has 0 aliphatic carbocycles. The number of halogens is 1. The molecule has 0 saturated carbocycles. The number of benzene rings is 1. The van der Waals surface area contributed by atoms with Crippen LogP contribution in [0.15, 0.2) is 30.5 Å². The molecule has 0 unspecified atom stereocenters. The van der Waals surface area contributed by atoms with Gasteiger partial charge in [-0.3, -0.25) is 9.59 Å². The van der Waals surface area contributed by atoms with Crippen LogP contribution in [0.25, 0.3) is 5.69 Å². The van der Waals surface area contributed by atoms with Gasteiger partial charge in [0.15, 0.2) is 0 Å². The molecule has 0 radical (unpaired) electrons. The fourth-order valence-corrected chi connectivity index (χ4v) is 3.37. The molecule has 0 spiro atoms. The van der Waals surface area contributed by atoms with Crippen LogP contribution in [0.4, 0.5) is 4.39 Å². The molecule has 1 aliphatic rings. The van der Waals surface area contributed by atoms with E-state index in [9.17, 15) is 14.0 Å². The fourth-order valence-electron chi connectivity index (χ4n) is 3.37. The molecule has 1 fully saturated rings. The molecule has 3 rings (SSSR count). The third kappa shape index (κ3) is 4.18. The third-order valence-corrected chi connectivity index (χ3v) is 5.01. The Bertz CT molecular complexity index is 808. The predicted molar refractivity (Wildman–Crippen MR) is 100 cm³/mol. The Hall–Kier alpha value is -2.70. The topological polar surface area (TPSA) is 67.2 Å². The molecule has 0 atom stereocenters. The van der Waals surface area contributed by atoms with Crippen LogP contribution in [0.3, 0.4) is 0 Å². The van der Waals surface area contributed by atoms with Crippen LogP contribution >= 0.6 is 0 Å². The van der Waals surface area contributed by atoms with Gasteiger partial charge in [0.2, 0.25) is 5.91 Å². The highest BCUT2D eigenvalue weighted by molar-refractivity contribution is 5.95. The molecule has 2 heterocycles. The minimum Gasteiger partial charge on any atom is -0.356 e. The molecule has 7 heteroatoms. The van der Waals surface area contributed by atoms with Crippen molar-refractivity contribution in [1.82, 2.24) is 20.0 Å². The minimum atomic E-state index is -0.314. The molecule has 0 bridgehead atoms. The second-order valence-electron chi connectivity index (χ2n) is 6.89. The Kier molecular flexibility index (Phi) is 5.88. The molecular formula is C20H25FN4O2. The van der Waals surface area contributed by atoms with E-state index < -0.39 is 0 Å². The molecule has 1 aromatic heterocycles. The predicted octanol–water partition coefficient (Wildman–Crippen LogP) is 2.70. The Labute approximate surface area is 158 Å². The average molecular weight is 372 g/mol. The average Bonchev–Trinajstić information content (AvgIpc) is 3.07. The first kappa shape index (κ1) is 19.1. The lowest BCUT2D eigenvalue weighted by molar-refractivity contribution is -0.126. The van der Waals surface area contributed by atoms with Crippen LogP contribution in [-0.4, -0.2) is 46.1 Å². The van der Waals surface area contributed by atoms with Gasteiger partial charge < -0.3 is 10.2 Å². The third-order valence-electron chi connectivity index (χ3n) is 5.01. The summed E-state index contributed by atoms with van der Waals surface area (Å²) in [5.74, 6) is -0.327. The maximum Gasteiger partial charge on any atom is 0.257 e. The summed E-state index contributed by atoms with van der Waals surface area (Å²) in [5.41, 5.74) is 1.96. The number of hydrogen-bond donors (Lipinski definition) is 1. The molecule has 1 N–H and O–H groups in total. The maximum atomic E-state index is 13.1. The van der Waals surface area contributed by atoms with Crippen molar-refractivity contribution >= 4 is 11.8 Å². The van der Waals surface area contributed by atoms with Crippen LogP contribution in [-0.2, 0) is 4.79 Å². The van der Waals surface area contributed by atoms with Gasteiger partial charge in [-0.25, -0.2) is 9.07 Å². The van der Waals surface area contributed by atoms with Gasteiger partial charge in [-0.2, -0.15) is 5.10 Å². The molecular weight excluding hydrogens is 347 g/mol. The van der Waals surface area contributed by atoms with Gasteiger partial charge in [-0.1, -0.05) is 6.92 Å². The lowest BCUT2D eigenvalue weighted by Gasteiger charge is -2.31. The van der Waals surface area contributed by atoms with Crippen molar-refractivity contribution in [3.05, 3.63) is 47.5 Å². The number of nitrogens with zero attached hydrogens (tertiary/aromatic N) is 3. The van der Waals surface area contributed by atoms with Crippen molar-refractivity contribution in [3.8, 4) is 5.69 Å². The molecule has 2 amide bonds. The van der Waals surface area contributed by atoms with Crippen LogP contribution in [0.2, 0.25) is 0 Å². The number of nitrogens with one attached hydrogen (secondary N) is 1. The number of piperidine rings is 1. The summed E-state index contributed by atoms with van der Waals surface area (Å²) >= 11 is 0. The number of hydrogen-bond acceptors (Lipinski definition) is 3. The van der Waals surface area contributed by atoms with Gasteiger partial charge in [-0.15, -0.1) is 0 Å². The van der Waals surface area contributed by atoms with E-state index in [2.05, 4.69) is 10.4 Å². The zero-order valence-corrected chi connectivity index (χ0v) is 15.7. The van der Waals surface area contributed by atoms with E-state index in [4.69, 9.17) is 0 Å². The lowest BCUT2D eigenvalue weighted by Crippen LogP contribution is -2.43. The van der Waals surface area contributed by atoms with Gasteiger partial charge in [0, 0.05) is 25.6 Å². The first-order valence-corrected chi connectivity index (χ1v) is 9.38. The Morgan fingerprint density at radius 1 is 1.22 bits per heavy atom. The van der Waals surface area contributed by atoms with Gasteiger partial charge in [0.05, 0.1) is 23.1 Å². The zero-order valence-electron chi connectivity index (χ0n) is 15.7. The van der Waals surface area contributed by atoms with Crippen molar-refractivity contribution < 1.29 is 14.0 Å². The molecule has 1 saturated heterocycles. The molecule has 144 valence electrons. The zero-order chi connectivity index (χ0) is 19.4. The van der Waals surface area contributed by atoms with Gasteiger partial charge in [-0.05, 0) is 50.5 Å². The van der Waals surface area contributed by atoms with Crippen LogP contribution < -0.4 is 5.32 Å². The maximum absolute atomic E-state index is 13.1. The largest absolute Gasteiger partial charge is 0.356 e. The molecule has 1 aromatic carbocycles. The SMILES string of the molecule is CCCNC(=O)C1CCN(C(=O)c2cnn(-c3ccc(F)cc3)c2C)CC1. The Morgan fingerprint density at radius 3 is 2.52 bits per heavy atom. The minimum absolute atomic E-state index is 0.0244. The first-order chi connectivity index (χ1) is 13.0. The van der Waals surface area contributed by atoms with Crippen molar-refractivity contribution in [1.29, 1.82) is 0 Å². The number of likely N-dealkylation sites (tertiary alicyclic amines) is 1. The van der Waals surface area contributed by atoms with Crippen LogP contribution in [0, 0.1) is 18.7 Å². The van der Waals surface area contributed by atoms with E-state index >= 15 is 0 Å². The van der Waals surface area contributed by atoms with E-state index in [1.807, 2.05) is 13.8 Å². The number of aromatic nitrogens is 2. The fraction of sp³-hybridized carbons (Fsp3) is 0.450. The van der Waals surface area contributed by atoms with Gasteiger partial charge in [0.25, 0.3) is 5.91 Å². The summed E-state index contributed by atoms with van der Waals surface area (Å²) in [5, 5.41) is 7.22. The first-order valence-electron chi connectivity index (χ1n) is 9.38. The second kappa shape index (κ2) is 8.33. The molecule has 2 aromatic rings. The Balaban J connectivity index is 1.65. The number of amides is 2. The number of rotatable bonds is 5. The molecule has 27 heavy (non-hydrogen) atoms. The summed E-state index contributed by atoms with van der Waals surface area (Å²) in [6.45, 7) is 5.67. The number of carbonyl (C=O) groups is 2. The van der Waals surface area contributed by atoms with E-state index in [0.717, 1.165) is 12.1 Å². The van der Waals surface area contributed by atoms with Crippen molar-refractivity contribution in [2.24, 2.45) is 5.92 Å². The van der Waals surface area contributed by atoms with Crippen LogP contribution in [0.1, 0.15) is 42.2 Å². The van der Waals surface area contributed by atoms with Crippen molar-refractivity contribution in [2.45, 2.75) is 33.1 Å². The number of carbonyl (C=O) groups excluding carboxylic acids is 2. The Morgan fingerprint density at radius 2 is 1.89 bits per heavy atom. The van der Waals surface area contributed by atoms with Crippen molar-refractivity contribution in [2.75, 3.05) is 19.6 Å². The van der Waals surface area contributed by atoms with Gasteiger partial charge in [0.1, 0.15) is 5.82 Å². The van der Waals surface area contributed by atoms with E-state index in [1.54, 1.807) is 27.9 Å². The van der Waals surface area contributed by atoms with Gasteiger partial charge >= 0.3 is 0 Å². The highest BCUT2D eigenvalue weighted by atomic mass is 19.1. The lowest BCUT2D eigenvalue weighted by atomic mass is 9.95. The van der Waals surface area contributed by atoms with Crippen molar-refractivity contribution in [3.63, 3.8) is 0 Å². The van der Waals surface area contributed by atoms with E-state index in [0.29, 0.717) is 43.7 Å². The standard InChI is InChI=1S/C20H25FN4O2/c1-3-10-22-19(26)15-8-11-24(12-9-15)20(27)18-13-23-25(14(18)2)17-6-4-16(21)5-7-17/h4-7,13,15H,3,8-12H2,1-2H3,(H,22,26). The normalized spacial score (nSPS) is 15.0. The quantitative estimate of drug-likeness (QED) is 0.878. The van der Waals surface area contributed by atoms with E-state index in [1.165, 1.54) is 12.1 Å². The summed E-state index contributed by atoms with van der Waals surface area (Å²) < 4.78 is 14.8.